The number of aryl methyl sites for hydroxylation is 1. The second-order valence-corrected chi connectivity index (χ2v) is 9.10. The molecule has 0 N–H and O–H groups in total. The molecule has 2 unspecified atom stereocenters. The van der Waals surface area contributed by atoms with Gasteiger partial charge in [-0.15, -0.1) is 6.92 Å². The van der Waals surface area contributed by atoms with Crippen molar-refractivity contribution in [3.8, 4) is 0 Å². The fourth-order valence-electron chi connectivity index (χ4n) is 4.62. The zero-order valence-electron chi connectivity index (χ0n) is 19.9. The molecule has 0 aliphatic heterocycles. The van der Waals surface area contributed by atoms with Crippen LogP contribution in [0.25, 0.3) is 0 Å². The number of hydrogen-bond donors (Lipinski definition) is 0. The molecule has 0 amide bonds. The molecule has 0 radical (unpaired) electrons. The first-order valence-electron chi connectivity index (χ1n) is 11.0. The number of rotatable bonds is 3. The largest absolute Gasteiger partial charge is 4.00 e. The van der Waals surface area contributed by atoms with Gasteiger partial charge in [0.15, 0.2) is 0 Å². The molecule has 4 rings (SSSR count). The quantitative estimate of drug-likeness (QED) is 0.527. The number of allylic oxidation sites excluding steroid dienone is 4. The van der Waals surface area contributed by atoms with Crippen LogP contribution < -0.4 is 24.8 Å². The minimum atomic E-state index is 0. The Kier molecular flexibility index (Phi) is 13.7. The molecule has 3 heteroatoms. The molecule has 31 heavy (non-hydrogen) atoms. The Balaban J connectivity index is 0.000000648. The van der Waals surface area contributed by atoms with Crippen LogP contribution in [0.15, 0.2) is 59.2 Å². The maximum absolute atomic E-state index is 3.36. The standard InChI is InChI=1S/C19H23.C9H13.2ClH.Zr/c1-14(2)11-15-12-17-9-6-10-18(19(17)13-15)16-7-4-3-5-8-16;1-6-5-7(2)9(4)8(6)3;;;/h3-5,7-8,12-14,18H,6,9-11H2,1-2H3;6H,1-4H3;2*1H;/q2*-1;;;+4/p-2. The second-order valence-electron chi connectivity index (χ2n) is 9.10. The van der Waals surface area contributed by atoms with Crippen LogP contribution in [0.1, 0.15) is 82.6 Å². The van der Waals surface area contributed by atoms with Gasteiger partial charge in [0.25, 0.3) is 0 Å². The van der Waals surface area contributed by atoms with E-state index < -0.39 is 0 Å². The summed E-state index contributed by atoms with van der Waals surface area (Å²) >= 11 is 0. The third-order valence-corrected chi connectivity index (χ3v) is 6.47. The SMILES string of the molecule is CC(C)Cc1cc2c([cH-]1)CCCC2c1ccccc1.CC1=[C-]C(C)C(C)=C1C.[Cl-].[Cl-].[Zr+4]. The van der Waals surface area contributed by atoms with Crippen molar-refractivity contribution in [1.29, 1.82) is 0 Å². The molecular weight excluding hydrogens is 498 g/mol. The Morgan fingerprint density at radius 2 is 1.71 bits per heavy atom. The molecule has 0 bridgehead atoms. The Morgan fingerprint density at radius 1 is 1.06 bits per heavy atom. The van der Waals surface area contributed by atoms with Crippen molar-refractivity contribution in [3.05, 3.63) is 87.5 Å². The first-order chi connectivity index (χ1) is 13.4. The molecule has 0 spiro atoms. The van der Waals surface area contributed by atoms with Crippen molar-refractivity contribution < 1.29 is 51.0 Å². The summed E-state index contributed by atoms with van der Waals surface area (Å²) in [6.45, 7) is 13.3. The van der Waals surface area contributed by atoms with Gasteiger partial charge in [0.2, 0.25) is 0 Å². The van der Waals surface area contributed by atoms with Gasteiger partial charge in [-0.05, 0) is 18.3 Å². The van der Waals surface area contributed by atoms with Crippen molar-refractivity contribution in [3.63, 3.8) is 0 Å². The van der Waals surface area contributed by atoms with Crippen molar-refractivity contribution in [2.24, 2.45) is 11.8 Å². The summed E-state index contributed by atoms with van der Waals surface area (Å²) in [4.78, 5) is 0. The van der Waals surface area contributed by atoms with Gasteiger partial charge in [-0.2, -0.15) is 33.9 Å². The molecule has 2 aromatic rings. The summed E-state index contributed by atoms with van der Waals surface area (Å²) in [5.41, 5.74) is 10.5. The zero-order chi connectivity index (χ0) is 20.3. The number of fused-ring (bicyclic) bond motifs is 1. The normalized spacial score (nSPS) is 19.3. The number of benzene rings is 1. The minimum Gasteiger partial charge on any atom is -1.00 e. The van der Waals surface area contributed by atoms with Crippen LogP contribution in [0.5, 0.6) is 0 Å². The first-order valence-corrected chi connectivity index (χ1v) is 11.0. The topological polar surface area (TPSA) is 0 Å². The smallest absolute Gasteiger partial charge is 1.00 e. The zero-order valence-corrected chi connectivity index (χ0v) is 23.8. The summed E-state index contributed by atoms with van der Waals surface area (Å²) in [5.74, 6) is 1.94. The fourth-order valence-corrected chi connectivity index (χ4v) is 4.62. The van der Waals surface area contributed by atoms with E-state index in [9.17, 15) is 0 Å². The number of hydrogen-bond acceptors (Lipinski definition) is 0. The van der Waals surface area contributed by atoms with Gasteiger partial charge in [0.05, 0.1) is 0 Å². The third-order valence-electron chi connectivity index (χ3n) is 6.47. The van der Waals surface area contributed by atoms with Crippen LogP contribution in [0, 0.1) is 17.9 Å². The van der Waals surface area contributed by atoms with Crippen LogP contribution in [0.3, 0.4) is 0 Å². The van der Waals surface area contributed by atoms with Gasteiger partial charge >= 0.3 is 26.2 Å². The first kappa shape index (κ1) is 30.5. The minimum absolute atomic E-state index is 0. The summed E-state index contributed by atoms with van der Waals surface area (Å²) in [7, 11) is 0. The predicted octanol–water partition coefficient (Wildman–Crippen LogP) is 1.80. The van der Waals surface area contributed by atoms with E-state index in [1.807, 2.05) is 0 Å². The molecule has 2 aliphatic carbocycles. The van der Waals surface area contributed by atoms with E-state index in [2.05, 4.69) is 90.1 Å². The van der Waals surface area contributed by atoms with Gasteiger partial charge < -0.3 is 24.8 Å². The summed E-state index contributed by atoms with van der Waals surface area (Å²) in [6, 6.07) is 16.0. The summed E-state index contributed by atoms with van der Waals surface area (Å²) in [6.07, 6.45) is 8.49. The second kappa shape index (κ2) is 13.9. The molecule has 0 aromatic heterocycles. The average Bonchev–Trinajstić information content (AvgIpc) is 3.18. The van der Waals surface area contributed by atoms with Crippen LogP contribution in [0.4, 0.5) is 0 Å². The average molecular weight is 535 g/mol. The van der Waals surface area contributed by atoms with E-state index in [0.717, 1.165) is 5.92 Å². The molecule has 2 aromatic carbocycles. The van der Waals surface area contributed by atoms with Gasteiger partial charge in [0.1, 0.15) is 0 Å². The Hall–Kier alpha value is -0.487. The Morgan fingerprint density at radius 3 is 2.19 bits per heavy atom. The fraction of sp³-hybridized carbons (Fsp3) is 0.464. The van der Waals surface area contributed by atoms with Gasteiger partial charge in [-0.1, -0.05) is 95.7 Å². The van der Waals surface area contributed by atoms with Crippen molar-refractivity contribution >= 4 is 0 Å². The molecule has 0 saturated carbocycles. The maximum Gasteiger partial charge on any atom is 4.00 e. The van der Waals surface area contributed by atoms with E-state index in [1.54, 1.807) is 16.7 Å². The van der Waals surface area contributed by atoms with E-state index in [0.29, 0.717) is 11.8 Å². The van der Waals surface area contributed by atoms with Gasteiger partial charge in [-0.3, -0.25) is 6.08 Å². The van der Waals surface area contributed by atoms with Crippen LogP contribution in [-0.4, -0.2) is 0 Å². The van der Waals surface area contributed by atoms with E-state index >= 15 is 0 Å². The van der Waals surface area contributed by atoms with Crippen LogP contribution >= 0.6 is 0 Å². The molecule has 0 fully saturated rings. The summed E-state index contributed by atoms with van der Waals surface area (Å²) < 4.78 is 0. The van der Waals surface area contributed by atoms with E-state index in [-0.39, 0.29) is 51.0 Å². The van der Waals surface area contributed by atoms with Crippen LogP contribution in [-0.2, 0) is 39.0 Å². The maximum atomic E-state index is 3.36. The molecule has 0 nitrogen and oxygen atoms in total. The predicted molar refractivity (Wildman–Crippen MR) is 122 cm³/mol. The van der Waals surface area contributed by atoms with Crippen molar-refractivity contribution in [1.82, 2.24) is 0 Å². The molecule has 0 saturated heterocycles. The monoisotopic (exact) mass is 532 g/mol. The van der Waals surface area contributed by atoms with Gasteiger partial charge in [0, 0.05) is 0 Å². The van der Waals surface area contributed by atoms with Crippen LogP contribution in [0.2, 0.25) is 0 Å². The van der Waals surface area contributed by atoms with Crippen molar-refractivity contribution in [2.45, 2.75) is 73.1 Å². The third kappa shape index (κ3) is 7.80. The molecule has 166 valence electrons. The van der Waals surface area contributed by atoms with Crippen molar-refractivity contribution in [2.75, 3.05) is 0 Å². The van der Waals surface area contributed by atoms with E-state index in [4.69, 9.17) is 0 Å². The molecule has 2 aliphatic rings. The molecule has 0 heterocycles. The molecular formula is C28H36Cl2Zr. The molecule has 2 atom stereocenters. The Labute approximate surface area is 222 Å². The number of halogens is 2. The summed E-state index contributed by atoms with van der Waals surface area (Å²) in [5, 5.41) is 0. The van der Waals surface area contributed by atoms with E-state index in [1.165, 1.54) is 48.0 Å². The Bertz CT molecular complexity index is 858. The van der Waals surface area contributed by atoms with Gasteiger partial charge in [-0.25, -0.2) is 11.6 Å².